The first-order valence-corrected chi connectivity index (χ1v) is 6.08. The van der Waals surface area contributed by atoms with Crippen molar-refractivity contribution in [2.45, 2.75) is 6.92 Å². The minimum atomic E-state index is -0.660. The third-order valence-electron chi connectivity index (χ3n) is 2.29. The molecule has 0 spiro atoms. The monoisotopic (exact) mass is 297 g/mol. The summed E-state index contributed by atoms with van der Waals surface area (Å²) in [4.78, 5) is 16.6. The number of nitrogens with zero attached hydrogens (tertiary/aromatic N) is 1. The van der Waals surface area contributed by atoms with Gasteiger partial charge in [-0.15, -0.1) is 0 Å². The van der Waals surface area contributed by atoms with Gasteiger partial charge < -0.3 is 9.25 Å². The summed E-state index contributed by atoms with van der Waals surface area (Å²) in [5, 5.41) is 4.34. The fraction of sp³-hybridized carbons (Fsp3) is 0.0769. The van der Waals surface area contributed by atoms with Gasteiger partial charge in [0, 0.05) is 5.02 Å². The molecule has 0 bridgehead atoms. The molecule has 0 aliphatic rings. The number of rotatable bonds is 3. The van der Waals surface area contributed by atoms with Crippen LogP contribution in [0.1, 0.15) is 23.0 Å². The van der Waals surface area contributed by atoms with Crippen LogP contribution in [-0.2, 0) is 4.84 Å². The van der Waals surface area contributed by atoms with Gasteiger partial charge in [-0.2, -0.15) is 0 Å². The maximum absolute atomic E-state index is 11.8. The Morgan fingerprint density at radius 3 is 2.74 bits per heavy atom. The second kappa shape index (κ2) is 5.91. The second-order valence-corrected chi connectivity index (χ2v) is 4.50. The molecule has 6 heteroatoms. The first kappa shape index (κ1) is 13.6. The van der Waals surface area contributed by atoms with Gasteiger partial charge in [0.1, 0.15) is 5.71 Å². The number of furan rings is 1. The molecule has 0 aliphatic heterocycles. The summed E-state index contributed by atoms with van der Waals surface area (Å²) in [6.07, 6.45) is 1.51. The number of carbonyl (C=O) groups excluding carboxylic acids is 1. The van der Waals surface area contributed by atoms with E-state index < -0.39 is 5.97 Å². The van der Waals surface area contributed by atoms with Crippen molar-refractivity contribution in [2.24, 2.45) is 5.16 Å². The molecule has 0 N–H and O–H groups in total. The van der Waals surface area contributed by atoms with E-state index in [1.807, 2.05) is 0 Å². The van der Waals surface area contributed by atoms with Gasteiger partial charge in [-0.3, -0.25) is 0 Å². The topological polar surface area (TPSA) is 51.8 Å². The third kappa shape index (κ3) is 3.36. The van der Waals surface area contributed by atoms with E-state index in [1.54, 1.807) is 25.1 Å². The molecule has 0 radical (unpaired) electrons. The Balaban J connectivity index is 2.11. The van der Waals surface area contributed by atoms with Crippen molar-refractivity contribution in [3.8, 4) is 0 Å². The van der Waals surface area contributed by atoms with Crippen LogP contribution >= 0.6 is 23.2 Å². The summed E-state index contributed by atoms with van der Waals surface area (Å²) in [5.41, 5.74) is 0.644. The molecular formula is C13H9Cl2NO3. The third-order valence-corrected chi connectivity index (χ3v) is 2.84. The van der Waals surface area contributed by atoms with E-state index in [0.29, 0.717) is 16.5 Å². The van der Waals surface area contributed by atoms with Crippen LogP contribution in [0.3, 0.4) is 0 Å². The summed E-state index contributed by atoms with van der Waals surface area (Å²) in [7, 11) is 0. The Hall–Kier alpha value is -1.78. The number of benzene rings is 1. The predicted molar refractivity (Wildman–Crippen MR) is 72.8 cm³/mol. The highest BCUT2D eigenvalue weighted by Crippen LogP contribution is 2.21. The van der Waals surface area contributed by atoms with Crippen molar-refractivity contribution >= 4 is 34.9 Å². The Bertz CT molecular complexity index is 621. The molecular weight excluding hydrogens is 289 g/mol. The lowest BCUT2D eigenvalue weighted by atomic mass is 10.2. The van der Waals surface area contributed by atoms with Crippen molar-refractivity contribution in [3.63, 3.8) is 0 Å². The lowest BCUT2D eigenvalue weighted by Crippen LogP contribution is -2.04. The van der Waals surface area contributed by atoms with Crippen LogP contribution in [0.15, 0.2) is 46.2 Å². The summed E-state index contributed by atoms with van der Waals surface area (Å²) < 4.78 is 5.11. The molecule has 0 aliphatic carbocycles. The minimum absolute atomic E-state index is 0.196. The first-order chi connectivity index (χ1) is 9.08. The highest BCUT2D eigenvalue weighted by Gasteiger charge is 2.13. The summed E-state index contributed by atoms with van der Waals surface area (Å²) >= 11 is 11.6. The van der Waals surface area contributed by atoms with Crippen LogP contribution in [0.25, 0.3) is 0 Å². The molecule has 0 saturated carbocycles. The van der Waals surface area contributed by atoms with Crippen molar-refractivity contribution < 1.29 is 14.0 Å². The van der Waals surface area contributed by atoms with Gasteiger partial charge in [0.05, 0.1) is 16.8 Å². The van der Waals surface area contributed by atoms with Gasteiger partial charge in [0.2, 0.25) is 0 Å². The molecule has 0 fully saturated rings. The Morgan fingerprint density at radius 2 is 2.11 bits per heavy atom. The van der Waals surface area contributed by atoms with E-state index in [-0.39, 0.29) is 10.6 Å². The van der Waals surface area contributed by atoms with Gasteiger partial charge in [-0.25, -0.2) is 4.79 Å². The normalized spacial score (nSPS) is 11.4. The molecule has 0 saturated heterocycles. The number of halogens is 2. The summed E-state index contributed by atoms with van der Waals surface area (Å²) in [6.45, 7) is 1.66. The Morgan fingerprint density at radius 1 is 1.32 bits per heavy atom. The SMILES string of the molecule is C/C(=N/OC(=O)c1ccc(Cl)cc1Cl)c1ccco1. The zero-order chi connectivity index (χ0) is 13.8. The van der Waals surface area contributed by atoms with E-state index in [9.17, 15) is 4.79 Å². The van der Waals surface area contributed by atoms with Gasteiger partial charge in [0.25, 0.3) is 0 Å². The van der Waals surface area contributed by atoms with Crippen LogP contribution in [0.5, 0.6) is 0 Å². The molecule has 0 unspecified atom stereocenters. The van der Waals surface area contributed by atoms with E-state index in [4.69, 9.17) is 32.5 Å². The fourth-order valence-corrected chi connectivity index (χ4v) is 1.83. The smallest absolute Gasteiger partial charge is 0.367 e. The maximum Gasteiger partial charge on any atom is 0.367 e. The second-order valence-electron chi connectivity index (χ2n) is 3.66. The molecule has 1 aromatic heterocycles. The average molecular weight is 298 g/mol. The predicted octanol–water partition coefficient (Wildman–Crippen LogP) is 4.17. The molecule has 98 valence electrons. The van der Waals surface area contributed by atoms with Crippen LogP contribution in [0.4, 0.5) is 0 Å². The Kier molecular flexibility index (Phi) is 4.24. The van der Waals surface area contributed by atoms with Crippen molar-refractivity contribution in [3.05, 3.63) is 58.0 Å². The largest absolute Gasteiger partial charge is 0.463 e. The van der Waals surface area contributed by atoms with Crippen molar-refractivity contribution in [1.29, 1.82) is 0 Å². The van der Waals surface area contributed by atoms with Crippen LogP contribution in [0, 0.1) is 0 Å². The number of carbonyl (C=O) groups is 1. The molecule has 2 rings (SSSR count). The van der Waals surface area contributed by atoms with E-state index in [0.717, 1.165) is 0 Å². The highest BCUT2D eigenvalue weighted by molar-refractivity contribution is 6.36. The first-order valence-electron chi connectivity index (χ1n) is 5.33. The zero-order valence-corrected chi connectivity index (χ0v) is 11.4. The molecule has 19 heavy (non-hydrogen) atoms. The molecule has 4 nitrogen and oxygen atoms in total. The quantitative estimate of drug-likeness (QED) is 0.485. The standard InChI is InChI=1S/C13H9Cl2NO3/c1-8(12-3-2-6-18-12)16-19-13(17)10-5-4-9(14)7-11(10)15/h2-7H,1H3/b16-8-. The average Bonchev–Trinajstić information content (AvgIpc) is 2.89. The lowest BCUT2D eigenvalue weighted by Gasteiger charge is -2.02. The molecule has 1 heterocycles. The number of hydrogen-bond acceptors (Lipinski definition) is 4. The van der Waals surface area contributed by atoms with Crippen molar-refractivity contribution in [2.75, 3.05) is 0 Å². The fourth-order valence-electron chi connectivity index (χ4n) is 1.34. The summed E-state index contributed by atoms with van der Waals surface area (Å²) in [6, 6.07) is 7.91. The maximum atomic E-state index is 11.8. The number of oxime groups is 1. The zero-order valence-electron chi connectivity index (χ0n) is 9.89. The van der Waals surface area contributed by atoms with Crippen LogP contribution in [0.2, 0.25) is 10.0 Å². The van der Waals surface area contributed by atoms with E-state index in [2.05, 4.69) is 5.16 Å². The lowest BCUT2D eigenvalue weighted by molar-refractivity contribution is 0.0516. The Labute approximate surface area is 119 Å². The molecule has 2 aromatic rings. The van der Waals surface area contributed by atoms with E-state index >= 15 is 0 Å². The van der Waals surface area contributed by atoms with Gasteiger partial charge in [-0.1, -0.05) is 28.4 Å². The van der Waals surface area contributed by atoms with Crippen LogP contribution in [-0.4, -0.2) is 11.7 Å². The number of hydrogen-bond donors (Lipinski definition) is 0. The summed E-state index contributed by atoms with van der Waals surface area (Å²) in [5.74, 6) is -0.137. The highest BCUT2D eigenvalue weighted by atomic mass is 35.5. The van der Waals surface area contributed by atoms with Gasteiger partial charge >= 0.3 is 5.97 Å². The molecule has 0 atom stereocenters. The van der Waals surface area contributed by atoms with E-state index in [1.165, 1.54) is 18.4 Å². The van der Waals surface area contributed by atoms with Crippen molar-refractivity contribution in [1.82, 2.24) is 0 Å². The van der Waals surface area contributed by atoms with Crippen LogP contribution < -0.4 is 0 Å². The molecule has 1 aromatic carbocycles. The minimum Gasteiger partial charge on any atom is -0.463 e. The van der Waals surface area contributed by atoms with Gasteiger partial charge in [0.15, 0.2) is 5.76 Å². The van der Waals surface area contributed by atoms with Gasteiger partial charge in [-0.05, 0) is 37.3 Å². The molecule has 0 amide bonds.